The van der Waals surface area contributed by atoms with E-state index in [9.17, 15) is 0 Å². The van der Waals surface area contributed by atoms with Crippen molar-refractivity contribution in [2.75, 3.05) is 18.8 Å². The maximum atomic E-state index is 8.63. The van der Waals surface area contributed by atoms with Crippen molar-refractivity contribution in [1.82, 2.24) is 15.6 Å². The predicted molar refractivity (Wildman–Crippen MR) is 83.9 cm³/mol. The number of aromatic nitrogens is 1. The van der Waals surface area contributed by atoms with E-state index in [1.54, 1.807) is 18.0 Å². The smallest absolute Gasteiger partial charge is 0.110 e. The van der Waals surface area contributed by atoms with Gasteiger partial charge in [-0.1, -0.05) is 17.5 Å². The molecule has 1 heterocycles. The van der Waals surface area contributed by atoms with Crippen LogP contribution in [-0.4, -0.2) is 23.8 Å². The van der Waals surface area contributed by atoms with Crippen LogP contribution >= 0.6 is 23.4 Å². The second-order valence-corrected chi connectivity index (χ2v) is 5.17. The molecule has 1 rings (SSSR count). The molecule has 1 aromatic rings. The molecule has 0 amide bonds. The lowest BCUT2D eigenvalue weighted by Crippen LogP contribution is -2.28. The van der Waals surface area contributed by atoms with Gasteiger partial charge in [-0.3, -0.25) is 4.98 Å². The van der Waals surface area contributed by atoms with Crippen molar-refractivity contribution in [2.45, 2.75) is 5.75 Å². The van der Waals surface area contributed by atoms with E-state index in [0.717, 1.165) is 23.7 Å². The SMILES string of the molecule is C#CCN/C(=C/C#N)NCCSCc1ncccc1Cl. The topological polar surface area (TPSA) is 60.7 Å². The number of hydrogen-bond acceptors (Lipinski definition) is 5. The number of thioether (sulfide) groups is 1. The van der Waals surface area contributed by atoms with Crippen LogP contribution in [0.25, 0.3) is 0 Å². The van der Waals surface area contributed by atoms with Crippen LogP contribution in [0, 0.1) is 23.7 Å². The Hall–Kier alpha value is -1.82. The Morgan fingerprint density at radius 1 is 1.55 bits per heavy atom. The van der Waals surface area contributed by atoms with Gasteiger partial charge in [0.25, 0.3) is 0 Å². The zero-order chi connectivity index (χ0) is 14.6. The standard InChI is InChI=1S/C14H15ClN4S/c1-2-7-18-14(5-6-16)19-9-10-20-11-13-12(15)4-3-8-17-13/h1,3-5,8,18-19H,7,9-11H2/b14-5-. The lowest BCUT2D eigenvalue weighted by atomic mass is 10.4. The van der Waals surface area contributed by atoms with E-state index in [1.165, 1.54) is 6.08 Å². The first-order valence-electron chi connectivity index (χ1n) is 5.96. The van der Waals surface area contributed by atoms with Crippen LogP contribution in [0.4, 0.5) is 0 Å². The molecular weight excluding hydrogens is 292 g/mol. The second-order valence-electron chi connectivity index (χ2n) is 3.66. The molecule has 0 fully saturated rings. The number of pyridine rings is 1. The van der Waals surface area contributed by atoms with E-state index in [-0.39, 0.29) is 0 Å². The van der Waals surface area contributed by atoms with Crippen molar-refractivity contribution in [2.24, 2.45) is 0 Å². The second kappa shape index (κ2) is 10.0. The minimum atomic E-state index is 0.386. The molecule has 0 unspecified atom stereocenters. The van der Waals surface area contributed by atoms with Gasteiger partial charge in [0.05, 0.1) is 29.4 Å². The summed E-state index contributed by atoms with van der Waals surface area (Å²) in [6, 6.07) is 5.61. The van der Waals surface area contributed by atoms with Gasteiger partial charge in [-0.05, 0) is 12.1 Å². The number of hydrogen-bond donors (Lipinski definition) is 2. The highest BCUT2D eigenvalue weighted by molar-refractivity contribution is 7.98. The monoisotopic (exact) mass is 306 g/mol. The van der Waals surface area contributed by atoms with Gasteiger partial charge < -0.3 is 10.6 Å². The number of halogens is 1. The molecule has 0 aliphatic heterocycles. The third-order valence-corrected chi connectivity index (χ3v) is 3.54. The average molecular weight is 307 g/mol. The number of allylic oxidation sites excluding steroid dienone is 1. The first-order chi connectivity index (χ1) is 9.77. The third-order valence-electron chi connectivity index (χ3n) is 2.23. The lowest BCUT2D eigenvalue weighted by Gasteiger charge is -2.10. The fourth-order valence-electron chi connectivity index (χ4n) is 1.33. The summed E-state index contributed by atoms with van der Waals surface area (Å²) < 4.78 is 0. The number of nitrogens with zero attached hydrogens (tertiary/aromatic N) is 2. The number of terminal acetylenes is 1. The van der Waals surface area contributed by atoms with Gasteiger partial charge in [-0.15, -0.1) is 6.42 Å². The van der Waals surface area contributed by atoms with E-state index in [1.807, 2.05) is 18.2 Å². The summed E-state index contributed by atoms with van der Waals surface area (Å²) in [7, 11) is 0. The lowest BCUT2D eigenvalue weighted by molar-refractivity contribution is 0.749. The molecule has 6 heteroatoms. The van der Waals surface area contributed by atoms with Crippen molar-refractivity contribution >= 4 is 23.4 Å². The predicted octanol–water partition coefficient (Wildman–Crippen LogP) is 2.15. The van der Waals surface area contributed by atoms with E-state index >= 15 is 0 Å². The van der Waals surface area contributed by atoms with Gasteiger partial charge >= 0.3 is 0 Å². The Balaban J connectivity index is 2.24. The van der Waals surface area contributed by atoms with Gasteiger partial charge in [0.1, 0.15) is 5.82 Å². The maximum absolute atomic E-state index is 8.63. The Labute approximate surface area is 128 Å². The van der Waals surface area contributed by atoms with Gasteiger partial charge in [0, 0.05) is 24.2 Å². The highest BCUT2D eigenvalue weighted by Crippen LogP contribution is 2.17. The molecule has 0 saturated heterocycles. The van der Waals surface area contributed by atoms with Gasteiger partial charge in [-0.25, -0.2) is 0 Å². The van der Waals surface area contributed by atoms with Gasteiger partial charge in [0.2, 0.25) is 0 Å². The summed E-state index contributed by atoms with van der Waals surface area (Å²) in [5, 5.41) is 15.4. The molecule has 0 aliphatic carbocycles. The van der Waals surface area contributed by atoms with Crippen LogP contribution in [0.15, 0.2) is 30.2 Å². The molecule has 1 aromatic heterocycles. The molecule has 2 N–H and O–H groups in total. The molecule has 0 aliphatic rings. The Kier molecular flexibility index (Phi) is 8.14. The molecule has 0 bridgehead atoms. The quantitative estimate of drug-likeness (QED) is 0.438. The van der Waals surface area contributed by atoms with Gasteiger partial charge in [0.15, 0.2) is 0 Å². The van der Waals surface area contributed by atoms with E-state index in [0.29, 0.717) is 17.4 Å². The molecule has 0 spiro atoms. The Morgan fingerprint density at radius 3 is 3.10 bits per heavy atom. The molecule has 0 saturated carbocycles. The number of nitrogens with one attached hydrogen (secondary N) is 2. The zero-order valence-electron chi connectivity index (χ0n) is 10.9. The largest absolute Gasteiger partial charge is 0.370 e. The highest BCUT2D eigenvalue weighted by Gasteiger charge is 2.00. The molecule has 0 radical (unpaired) electrons. The molecule has 104 valence electrons. The number of rotatable bonds is 8. The molecule has 4 nitrogen and oxygen atoms in total. The summed E-state index contributed by atoms with van der Waals surface area (Å²) >= 11 is 7.74. The fraction of sp³-hybridized carbons (Fsp3) is 0.286. The van der Waals surface area contributed by atoms with Crippen LogP contribution in [0.1, 0.15) is 5.69 Å². The molecule has 0 aromatic carbocycles. The van der Waals surface area contributed by atoms with E-state index in [4.69, 9.17) is 23.3 Å². The summed E-state index contributed by atoms with van der Waals surface area (Å²) in [4.78, 5) is 4.22. The first kappa shape index (κ1) is 16.2. The first-order valence-corrected chi connectivity index (χ1v) is 7.49. The van der Waals surface area contributed by atoms with Crippen LogP contribution in [0.3, 0.4) is 0 Å². The normalized spacial score (nSPS) is 10.4. The van der Waals surface area contributed by atoms with E-state index < -0.39 is 0 Å². The van der Waals surface area contributed by atoms with Crippen LogP contribution < -0.4 is 10.6 Å². The van der Waals surface area contributed by atoms with Crippen molar-refractivity contribution in [3.05, 3.63) is 40.9 Å². The third kappa shape index (κ3) is 6.38. The van der Waals surface area contributed by atoms with Gasteiger partial charge in [-0.2, -0.15) is 17.0 Å². The van der Waals surface area contributed by atoms with Crippen molar-refractivity contribution in [3.63, 3.8) is 0 Å². The average Bonchev–Trinajstić information content (AvgIpc) is 2.46. The molecule has 0 atom stereocenters. The summed E-state index contributed by atoms with van der Waals surface area (Å²) in [6.45, 7) is 1.11. The highest BCUT2D eigenvalue weighted by atomic mass is 35.5. The molecular formula is C14H15ClN4S. The molecule has 20 heavy (non-hydrogen) atoms. The van der Waals surface area contributed by atoms with Crippen LogP contribution in [-0.2, 0) is 5.75 Å². The zero-order valence-corrected chi connectivity index (χ0v) is 12.5. The van der Waals surface area contributed by atoms with E-state index in [2.05, 4.69) is 21.5 Å². The van der Waals surface area contributed by atoms with Crippen molar-refractivity contribution in [1.29, 1.82) is 5.26 Å². The number of nitriles is 1. The maximum Gasteiger partial charge on any atom is 0.110 e. The fourth-order valence-corrected chi connectivity index (χ4v) is 2.41. The van der Waals surface area contributed by atoms with Crippen LogP contribution in [0.2, 0.25) is 5.02 Å². The summed E-state index contributed by atoms with van der Waals surface area (Å²) in [6.07, 6.45) is 8.29. The Bertz CT molecular complexity index is 531. The van der Waals surface area contributed by atoms with Crippen LogP contribution in [0.5, 0.6) is 0 Å². The summed E-state index contributed by atoms with van der Waals surface area (Å²) in [5.41, 5.74) is 0.886. The minimum absolute atomic E-state index is 0.386. The van der Waals surface area contributed by atoms with Crippen molar-refractivity contribution in [3.8, 4) is 18.4 Å². The Morgan fingerprint density at radius 2 is 2.40 bits per heavy atom. The summed E-state index contributed by atoms with van der Waals surface area (Å²) in [5.74, 6) is 4.73. The van der Waals surface area contributed by atoms with Crippen molar-refractivity contribution < 1.29 is 0 Å². The minimum Gasteiger partial charge on any atom is -0.370 e.